The second-order valence-electron chi connectivity index (χ2n) is 6.72. The first-order valence-corrected chi connectivity index (χ1v) is 8.40. The van der Waals surface area contributed by atoms with Crippen LogP contribution in [-0.4, -0.2) is 74.1 Å². The molecule has 0 aromatic heterocycles. The van der Waals surface area contributed by atoms with Crippen molar-refractivity contribution in [3.8, 4) is 0 Å². The van der Waals surface area contributed by atoms with Crippen LogP contribution in [0.4, 0.5) is 0 Å². The first-order valence-electron chi connectivity index (χ1n) is 8.40. The maximum atomic E-state index is 12.3. The van der Waals surface area contributed by atoms with Gasteiger partial charge in [0.1, 0.15) is 0 Å². The fourth-order valence-electron chi connectivity index (χ4n) is 3.80. The second-order valence-corrected chi connectivity index (χ2v) is 6.72. The lowest BCUT2D eigenvalue weighted by molar-refractivity contribution is -0.157. The number of hydrogen-bond acceptors (Lipinski definition) is 5. The van der Waals surface area contributed by atoms with Gasteiger partial charge in [0.2, 0.25) is 5.91 Å². The smallest absolute Gasteiger partial charge is 0.311 e. The fraction of sp³-hybridized carbons (Fsp3) is 0.875. The van der Waals surface area contributed by atoms with Crippen LogP contribution in [-0.2, 0) is 23.8 Å². The Bertz CT molecular complexity index is 450. The zero-order valence-electron chi connectivity index (χ0n) is 13.4. The first kappa shape index (κ1) is 16.7. The number of aliphatic carboxylic acids is 1. The number of rotatable bonds is 6. The number of hydrogen-bond donors (Lipinski definition) is 1. The van der Waals surface area contributed by atoms with Crippen LogP contribution in [0.25, 0.3) is 0 Å². The summed E-state index contributed by atoms with van der Waals surface area (Å²) in [4.78, 5) is 25.7. The lowest BCUT2D eigenvalue weighted by atomic mass is 9.74. The van der Waals surface area contributed by atoms with Gasteiger partial charge in [0.25, 0.3) is 0 Å². The van der Waals surface area contributed by atoms with Crippen LogP contribution >= 0.6 is 0 Å². The molecule has 3 saturated heterocycles. The first-order chi connectivity index (χ1) is 11.1. The molecule has 0 saturated carbocycles. The molecule has 0 spiro atoms. The quantitative estimate of drug-likeness (QED) is 0.716. The number of carbonyl (C=O) groups excluding carboxylic acids is 1. The van der Waals surface area contributed by atoms with Gasteiger partial charge in [-0.25, -0.2) is 0 Å². The molecule has 0 bridgehead atoms. The summed E-state index contributed by atoms with van der Waals surface area (Å²) < 4.78 is 16.4. The predicted molar refractivity (Wildman–Crippen MR) is 80.0 cm³/mol. The average molecular weight is 327 g/mol. The molecule has 0 radical (unpaired) electrons. The third kappa shape index (κ3) is 3.51. The number of carbonyl (C=O) groups is 2. The Morgan fingerprint density at radius 3 is 2.91 bits per heavy atom. The molecule has 0 aromatic rings. The maximum absolute atomic E-state index is 12.3. The number of fused-ring (bicyclic) bond motifs is 1. The van der Waals surface area contributed by atoms with Gasteiger partial charge in [0.15, 0.2) is 0 Å². The molecule has 3 heterocycles. The van der Waals surface area contributed by atoms with Gasteiger partial charge < -0.3 is 24.2 Å². The van der Waals surface area contributed by atoms with E-state index in [0.29, 0.717) is 45.9 Å². The monoisotopic (exact) mass is 327 g/mol. The molecule has 0 aliphatic carbocycles. The zero-order valence-corrected chi connectivity index (χ0v) is 13.4. The Kier molecular flexibility index (Phi) is 5.18. The molecule has 3 aliphatic heterocycles. The van der Waals surface area contributed by atoms with E-state index in [9.17, 15) is 14.7 Å². The molecule has 7 heteroatoms. The Hall–Kier alpha value is -1.18. The number of amides is 1. The molecule has 3 aliphatic rings. The molecule has 23 heavy (non-hydrogen) atoms. The summed E-state index contributed by atoms with van der Waals surface area (Å²) in [6.45, 7) is 3.32. The van der Waals surface area contributed by atoms with Crippen molar-refractivity contribution in [2.45, 2.75) is 31.8 Å². The summed E-state index contributed by atoms with van der Waals surface area (Å²) in [7, 11) is 0. The molecule has 1 unspecified atom stereocenters. The standard InChI is InChI=1S/C16H25NO6/c18-14(3-6-21-10-13-2-1-5-23-13)17-8-12-9-22-7-4-16(12,11-17)15(19)20/h12-13H,1-11H2,(H,19,20)/t12-,13?,16+/m0/s1. The van der Waals surface area contributed by atoms with Crippen molar-refractivity contribution in [2.75, 3.05) is 46.1 Å². The van der Waals surface area contributed by atoms with Crippen molar-refractivity contribution in [1.29, 1.82) is 0 Å². The van der Waals surface area contributed by atoms with Crippen LogP contribution < -0.4 is 0 Å². The third-order valence-corrected chi connectivity index (χ3v) is 5.27. The molecular weight excluding hydrogens is 302 g/mol. The van der Waals surface area contributed by atoms with Crippen LogP contribution in [0, 0.1) is 11.3 Å². The van der Waals surface area contributed by atoms with Gasteiger partial charge in [-0.15, -0.1) is 0 Å². The Balaban J connectivity index is 1.45. The van der Waals surface area contributed by atoms with Gasteiger partial charge in [-0.3, -0.25) is 9.59 Å². The van der Waals surface area contributed by atoms with Crippen molar-refractivity contribution in [1.82, 2.24) is 4.90 Å². The molecule has 1 N–H and O–H groups in total. The number of carboxylic acids is 1. The highest BCUT2D eigenvalue weighted by molar-refractivity contribution is 5.81. The molecule has 7 nitrogen and oxygen atoms in total. The molecule has 1 amide bonds. The van der Waals surface area contributed by atoms with Crippen LogP contribution in [0.15, 0.2) is 0 Å². The predicted octanol–water partition coefficient (Wildman–Crippen LogP) is 0.522. The van der Waals surface area contributed by atoms with E-state index in [1.54, 1.807) is 4.90 Å². The van der Waals surface area contributed by atoms with E-state index in [-0.39, 0.29) is 24.3 Å². The minimum Gasteiger partial charge on any atom is -0.481 e. The highest BCUT2D eigenvalue weighted by Crippen LogP contribution is 2.42. The van der Waals surface area contributed by atoms with Gasteiger partial charge in [-0.2, -0.15) is 0 Å². The number of carboxylic acid groups (broad SMARTS) is 1. The van der Waals surface area contributed by atoms with Crippen molar-refractivity contribution >= 4 is 11.9 Å². The SMILES string of the molecule is O=C(CCOCC1CCCO1)N1C[C@H]2COCC[C@@]2(C(=O)O)C1. The van der Waals surface area contributed by atoms with Gasteiger partial charge >= 0.3 is 5.97 Å². The lowest BCUT2D eigenvalue weighted by Crippen LogP contribution is -2.45. The Labute approximate surface area is 135 Å². The molecule has 0 aromatic carbocycles. The van der Waals surface area contributed by atoms with Crippen molar-refractivity contribution in [3.05, 3.63) is 0 Å². The van der Waals surface area contributed by atoms with Gasteiger partial charge in [0.05, 0.1) is 37.8 Å². The summed E-state index contributed by atoms with van der Waals surface area (Å²) in [5.74, 6) is -0.950. The zero-order chi connectivity index (χ0) is 16.3. The fourth-order valence-corrected chi connectivity index (χ4v) is 3.80. The normalized spacial score (nSPS) is 33.7. The van der Waals surface area contributed by atoms with E-state index in [0.717, 1.165) is 19.4 Å². The van der Waals surface area contributed by atoms with Crippen LogP contribution in [0.5, 0.6) is 0 Å². The summed E-state index contributed by atoms with van der Waals surface area (Å²) in [5.41, 5.74) is -0.827. The molecular formula is C16H25NO6. The van der Waals surface area contributed by atoms with E-state index in [1.165, 1.54) is 0 Å². The molecule has 3 rings (SSSR count). The van der Waals surface area contributed by atoms with Gasteiger partial charge in [-0.05, 0) is 19.3 Å². The number of nitrogens with zero attached hydrogens (tertiary/aromatic N) is 1. The summed E-state index contributed by atoms with van der Waals surface area (Å²) in [5, 5.41) is 9.60. The Morgan fingerprint density at radius 2 is 2.22 bits per heavy atom. The number of ether oxygens (including phenoxy) is 3. The summed E-state index contributed by atoms with van der Waals surface area (Å²) in [6.07, 6.45) is 3.01. The van der Waals surface area contributed by atoms with E-state index in [4.69, 9.17) is 14.2 Å². The lowest BCUT2D eigenvalue weighted by Gasteiger charge is -2.33. The van der Waals surface area contributed by atoms with Crippen LogP contribution in [0.2, 0.25) is 0 Å². The number of likely N-dealkylation sites (tertiary alicyclic amines) is 1. The third-order valence-electron chi connectivity index (χ3n) is 5.27. The Morgan fingerprint density at radius 1 is 1.35 bits per heavy atom. The summed E-state index contributed by atoms with van der Waals surface area (Å²) >= 11 is 0. The highest BCUT2D eigenvalue weighted by atomic mass is 16.5. The maximum Gasteiger partial charge on any atom is 0.311 e. The van der Waals surface area contributed by atoms with E-state index in [1.807, 2.05) is 0 Å². The topological polar surface area (TPSA) is 85.3 Å². The van der Waals surface area contributed by atoms with E-state index >= 15 is 0 Å². The average Bonchev–Trinajstić information content (AvgIpc) is 3.18. The highest BCUT2D eigenvalue weighted by Gasteiger charge is 2.54. The second kappa shape index (κ2) is 7.15. The van der Waals surface area contributed by atoms with Gasteiger partial charge in [-0.1, -0.05) is 0 Å². The van der Waals surface area contributed by atoms with Crippen LogP contribution in [0.3, 0.4) is 0 Å². The van der Waals surface area contributed by atoms with Gasteiger partial charge in [0, 0.05) is 32.2 Å². The minimum atomic E-state index is -0.827. The van der Waals surface area contributed by atoms with Crippen molar-refractivity contribution in [2.24, 2.45) is 11.3 Å². The molecule has 3 atom stereocenters. The van der Waals surface area contributed by atoms with Crippen molar-refractivity contribution in [3.63, 3.8) is 0 Å². The molecule has 130 valence electrons. The van der Waals surface area contributed by atoms with E-state index in [2.05, 4.69) is 0 Å². The minimum absolute atomic E-state index is 0.0348. The van der Waals surface area contributed by atoms with E-state index < -0.39 is 11.4 Å². The largest absolute Gasteiger partial charge is 0.481 e. The summed E-state index contributed by atoms with van der Waals surface area (Å²) in [6, 6.07) is 0. The van der Waals surface area contributed by atoms with Crippen molar-refractivity contribution < 1.29 is 28.9 Å². The van der Waals surface area contributed by atoms with Crippen LogP contribution in [0.1, 0.15) is 25.7 Å². The molecule has 3 fully saturated rings.